The molecule has 0 spiro atoms. The normalized spacial score (nSPS) is 10.4. The molecule has 0 saturated heterocycles. The molecule has 1 amide bonds. The highest BCUT2D eigenvalue weighted by atomic mass is 32.1. The highest BCUT2D eigenvalue weighted by Crippen LogP contribution is 1.86. The molecule has 0 bridgehead atoms. The van der Waals surface area contributed by atoms with Crippen LogP contribution in [0.25, 0.3) is 0 Å². The Morgan fingerprint density at radius 1 is 1.62 bits per heavy atom. The maximum Gasteiger partial charge on any atom is 0.327 e. The summed E-state index contributed by atoms with van der Waals surface area (Å²) in [5, 5.41) is 10.6. The molecule has 0 radical (unpaired) electrons. The minimum Gasteiger partial charge on any atom is -0.480 e. The largest absolute Gasteiger partial charge is 0.480 e. The van der Waals surface area contributed by atoms with Crippen LogP contribution in [0.15, 0.2) is 4.58 Å². The summed E-state index contributed by atoms with van der Waals surface area (Å²) in [5.41, 5.74) is 0. The lowest BCUT2D eigenvalue weighted by Gasteiger charge is -2.08. The number of carbonyl (C=O) groups is 2. The molecule has 8 heteroatoms. The lowest BCUT2D eigenvalue weighted by atomic mass is 10.3. The second-order valence-electron chi connectivity index (χ2n) is 1.86. The van der Waals surface area contributed by atoms with E-state index in [2.05, 4.69) is 30.8 Å². The van der Waals surface area contributed by atoms with E-state index in [1.54, 1.807) is 0 Å². The number of carbonyl (C=O) groups excluding carboxylic acids is 1. The zero-order chi connectivity index (χ0) is 10.9. The van der Waals surface area contributed by atoms with E-state index < -0.39 is 12.0 Å². The molecule has 0 aliphatic rings. The molecule has 0 rings (SSSR count). The van der Waals surface area contributed by atoms with Crippen molar-refractivity contribution in [2.45, 2.75) is 13.0 Å². The minimum absolute atomic E-state index is 0.106. The quantitative estimate of drug-likeness (QED) is 0.405. The van der Waals surface area contributed by atoms with Gasteiger partial charge in [-0.2, -0.15) is 12.6 Å². The van der Waals surface area contributed by atoms with Crippen LogP contribution in [-0.2, 0) is 9.59 Å². The first-order valence-electron chi connectivity index (χ1n) is 3.07. The molecular weight excluding hydrogens is 216 g/mol. The Bertz CT molecular complexity index is 187. The van der Waals surface area contributed by atoms with Crippen molar-refractivity contribution in [2.24, 2.45) is 4.58 Å². The molecule has 0 aliphatic carbocycles. The van der Waals surface area contributed by atoms with Crippen LogP contribution in [0.5, 0.6) is 0 Å². The molecule has 0 aromatic rings. The van der Waals surface area contributed by atoms with Gasteiger partial charge in [-0.1, -0.05) is 0 Å². The Hall–Kier alpha value is -0.760. The summed E-state index contributed by atoms with van der Waals surface area (Å²) in [6.07, 6.45) is 0. The van der Waals surface area contributed by atoms with Gasteiger partial charge in [-0.05, 0) is 0 Å². The molecule has 0 unspecified atom stereocenters. The molecular formula is C5H10N2O4S2. The maximum absolute atomic E-state index is 10.3. The van der Waals surface area contributed by atoms with Crippen molar-refractivity contribution in [1.29, 1.82) is 0 Å². The van der Waals surface area contributed by atoms with Crippen LogP contribution in [0.3, 0.4) is 0 Å². The van der Waals surface area contributed by atoms with Crippen molar-refractivity contribution in [3.8, 4) is 0 Å². The Balaban J connectivity index is 0. The van der Waals surface area contributed by atoms with Gasteiger partial charge in [0.25, 0.3) is 0 Å². The van der Waals surface area contributed by atoms with E-state index >= 15 is 0 Å². The number of hydrogen-bond donors (Lipinski definition) is 4. The standard InChI is InChI=1S/C5H9NO3S.HNOS/c1-3(7)6-4(2-10)5(8)9;2-1-3/h4,10H,2H2,1H3,(H,6,7)(H,8,9);(H,2,3)/t4-;/m0./s1. The second-order valence-corrected chi connectivity index (χ2v) is 2.38. The number of amides is 1. The number of aliphatic carboxylic acids is 1. The molecule has 13 heavy (non-hydrogen) atoms. The van der Waals surface area contributed by atoms with Gasteiger partial charge < -0.3 is 10.4 Å². The second kappa shape index (κ2) is 9.33. The van der Waals surface area contributed by atoms with Gasteiger partial charge in [-0.15, -0.1) is 4.91 Å². The van der Waals surface area contributed by atoms with Gasteiger partial charge in [0, 0.05) is 30.1 Å². The van der Waals surface area contributed by atoms with E-state index in [1.807, 2.05) is 4.58 Å². The Kier molecular flexibility index (Phi) is 10.6. The molecule has 76 valence electrons. The fraction of sp³-hybridized carbons (Fsp3) is 0.600. The highest BCUT2D eigenvalue weighted by Gasteiger charge is 2.14. The number of thiol groups is 2. The topological polar surface area (TPSA) is 95.8 Å². The van der Waals surface area contributed by atoms with Crippen molar-refractivity contribution < 1.29 is 14.7 Å². The van der Waals surface area contributed by atoms with Crippen LogP contribution in [0.4, 0.5) is 0 Å². The third-order valence-corrected chi connectivity index (χ3v) is 1.22. The summed E-state index contributed by atoms with van der Waals surface area (Å²) in [6.45, 7) is 1.26. The number of rotatable bonds is 3. The average molecular weight is 226 g/mol. The van der Waals surface area contributed by atoms with Gasteiger partial charge >= 0.3 is 5.97 Å². The zero-order valence-electron chi connectivity index (χ0n) is 6.80. The minimum atomic E-state index is -1.06. The number of carboxylic acid groups (broad SMARTS) is 1. The van der Waals surface area contributed by atoms with E-state index in [0.29, 0.717) is 0 Å². The smallest absolute Gasteiger partial charge is 0.327 e. The first-order valence-corrected chi connectivity index (χ1v) is 4.10. The Morgan fingerprint density at radius 3 is 2.08 bits per heavy atom. The molecule has 2 N–H and O–H groups in total. The number of nitroso groups, excluding NO2 is 1. The summed E-state index contributed by atoms with van der Waals surface area (Å²) in [4.78, 5) is 28.9. The van der Waals surface area contributed by atoms with Crippen LogP contribution in [0, 0.1) is 4.91 Å². The molecule has 0 aliphatic heterocycles. The van der Waals surface area contributed by atoms with E-state index in [0.717, 1.165) is 0 Å². The van der Waals surface area contributed by atoms with Crippen LogP contribution < -0.4 is 5.32 Å². The van der Waals surface area contributed by atoms with E-state index in [4.69, 9.17) is 10.0 Å². The molecule has 6 nitrogen and oxygen atoms in total. The number of carboxylic acids is 1. The Labute approximate surface area is 86.0 Å². The predicted molar refractivity (Wildman–Crippen MR) is 53.9 cm³/mol. The van der Waals surface area contributed by atoms with Crippen molar-refractivity contribution >= 4 is 37.3 Å². The maximum atomic E-state index is 10.3. The van der Waals surface area contributed by atoms with Gasteiger partial charge in [0.1, 0.15) is 6.04 Å². The average Bonchev–Trinajstić information content (AvgIpc) is 2.00. The third kappa shape index (κ3) is 11.2. The zero-order valence-corrected chi connectivity index (χ0v) is 8.59. The summed E-state index contributed by atoms with van der Waals surface area (Å²) >= 11 is 6.59. The molecule has 0 fully saturated rings. The third-order valence-electron chi connectivity index (χ3n) is 0.858. The predicted octanol–water partition coefficient (Wildman–Crippen LogP) is 0.103. The van der Waals surface area contributed by atoms with Crippen LogP contribution in [0.1, 0.15) is 6.92 Å². The SMILES string of the molecule is CC(=O)N[C@@H](CS)C(=O)O.O=NS. The van der Waals surface area contributed by atoms with Gasteiger partial charge in [-0.25, -0.2) is 4.79 Å². The van der Waals surface area contributed by atoms with Crippen molar-refractivity contribution in [3.63, 3.8) is 0 Å². The summed E-state index contributed by atoms with van der Waals surface area (Å²) < 4.78 is 1.94. The Morgan fingerprint density at radius 2 is 2.00 bits per heavy atom. The molecule has 0 aromatic heterocycles. The summed E-state index contributed by atoms with van der Waals surface area (Å²) in [5.74, 6) is -1.32. The van der Waals surface area contributed by atoms with Gasteiger partial charge in [0.05, 0.1) is 0 Å². The van der Waals surface area contributed by atoms with Crippen molar-refractivity contribution in [1.82, 2.24) is 5.32 Å². The monoisotopic (exact) mass is 226 g/mol. The fourth-order valence-electron chi connectivity index (χ4n) is 0.431. The van der Waals surface area contributed by atoms with Crippen molar-refractivity contribution in [2.75, 3.05) is 5.75 Å². The lowest BCUT2D eigenvalue weighted by Crippen LogP contribution is -2.40. The molecule has 0 aromatic carbocycles. The lowest BCUT2D eigenvalue weighted by molar-refractivity contribution is -0.140. The van der Waals surface area contributed by atoms with E-state index in [-0.39, 0.29) is 11.7 Å². The fourth-order valence-corrected chi connectivity index (χ4v) is 0.678. The van der Waals surface area contributed by atoms with Gasteiger partial charge in [0.15, 0.2) is 0 Å². The van der Waals surface area contributed by atoms with Gasteiger partial charge in [-0.3, -0.25) is 4.79 Å². The molecule has 1 atom stereocenters. The van der Waals surface area contributed by atoms with Crippen molar-refractivity contribution in [3.05, 3.63) is 4.91 Å². The highest BCUT2D eigenvalue weighted by molar-refractivity contribution is 7.80. The van der Waals surface area contributed by atoms with Crippen LogP contribution in [0.2, 0.25) is 0 Å². The molecule has 0 saturated carbocycles. The summed E-state index contributed by atoms with van der Waals surface area (Å²) in [7, 11) is 0. The number of hydrogen-bond acceptors (Lipinski definition) is 5. The van der Waals surface area contributed by atoms with E-state index in [1.165, 1.54) is 6.92 Å². The number of nitrogens with zero attached hydrogens (tertiary/aromatic N) is 1. The first kappa shape index (κ1) is 14.7. The van der Waals surface area contributed by atoms with E-state index in [9.17, 15) is 9.59 Å². The first-order chi connectivity index (χ1) is 5.99. The van der Waals surface area contributed by atoms with Crippen LogP contribution in [-0.4, -0.2) is 28.8 Å². The van der Waals surface area contributed by atoms with Gasteiger partial charge in [0.2, 0.25) is 5.91 Å². The summed E-state index contributed by atoms with van der Waals surface area (Å²) in [6, 6.07) is -0.874. The molecule has 0 heterocycles. The van der Waals surface area contributed by atoms with Crippen LogP contribution >= 0.6 is 25.4 Å². The number of nitrogens with one attached hydrogen (secondary N) is 1.